The van der Waals surface area contributed by atoms with Crippen LogP contribution in [0.5, 0.6) is 0 Å². The Morgan fingerprint density at radius 2 is 1.94 bits per heavy atom. The molecule has 1 saturated heterocycles. The molecule has 0 aliphatic carbocycles. The van der Waals surface area contributed by atoms with Gasteiger partial charge in [-0.15, -0.1) is 0 Å². The zero-order valence-electron chi connectivity index (χ0n) is 11.3. The van der Waals surface area contributed by atoms with Crippen LogP contribution in [0.2, 0.25) is 0 Å². The number of rotatable bonds is 2. The first-order valence-electron chi connectivity index (χ1n) is 6.10. The lowest BCUT2D eigenvalue weighted by Gasteiger charge is -2.50. The molecule has 1 fully saturated rings. The van der Waals surface area contributed by atoms with Crippen LogP contribution in [0.3, 0.4) is 0 Å². The summed E-state index contributed by atoms with van der Waals surface area (Å²) in [6.45, 7) is 12.5. The maximum atomic E-state index is 6.28. The fourth-order valence-corrected chi connectivity index (χ4v) is 2.67. The first kappa shape index (κ1) is 12.8. The number of anilines is 1. The van der Waals surface area contributed by atoms with Crippen LogP contribution < -0.4 is 10.6 Å². The molecule has 0 amide bonds. The van der Waals surface area contributed by atoms with Gasteiger partial charge < -0.3 is 10.6 Å². The lowest BCUT2D eigenvalue weighted by atomic mass is 9.81. The van der Waals surface area contributed by atoms with Gasteiger partial charge >= 0.3 is 0 Å². The highest BCUT2D eigenvalue weighted by molar-refractivity contribution is 7.09. The highest BCUT2D eigenvalue weighted by Gasteiger charge is 2.43. The Labute approximate surface area is 107 Å². The van der Waals surface area contributed by atoms with Crippen LogP contribution in [0.15, 0.2) is 0 Å². The molecule has 2 N–H and O–H groups in total. The molecule has 1 aliphatic rings. The van der Waals surface area contributed by atoms with E-state index in [2.05, 4.69) is 48.9 Å². The summed E-state index contributed by atoms with van der Waals surface area (Å²) in [7, 11) is 0. The number of nitrogens with zero attached hydrogens (tertiary/aromatic N) is 3. The predicted octanol–water partition coefficient (Wildman–Crippen LogP) is 2.01. The van der Waals surface area contributed by atoms with Crippen LogP contribution in [0.4, 0.5) is 5.13 Å². The normalized spacial score (nSPS) is 19.6. The number of hydrogen-bond donors (Lipinski definition) is 1. The van der Waals surface area contributed by atoms with E-state index in [0.29, 0.717) is 5.92 Å². The van der Waals surface area contributed by atoms with E-state index in [0.717, 1.165) is 24.0 Å². The monoisotopic (exact) mass is 254 g/mol. The van der Waals surface area contributed by atoms with E-state index in [-0.39, 0.29) is 11.0 Å². The molecule has 96 valence electrons. The van der Waals surface area contributed by atoms with Crippen LogP contribution in [0, 0.1) is 5.92 Å². The van der Waals surface area contributed by atoms with Gasteiger partial charge in [-0.05, 0) is 5.92 Å². The summed E-state index contributed by atoms with van der Waals surface area (Å²) in [6, 6.07) is 0. The minimum atomic E-state index is -0.0480. The molecule has 4 nitrogen and oxygen atoms in total. The first-order valence-corrected chi connectivity index (χ1v) is 6.88. The molecule has 1 aromatic heterocycles. The SMILES string of the molecule is CC(C)C1(N)CN(c2nc(C(C)(C)C)ns2)C1. The van der Waals surface area contributed by atoms with Crippen molar-refractivity contribution in [3.05, 3.63) is 5.82 Å². The molecule has 1 aromatic rings. The first-order chi connectivity index (χ1) is 7.72. The third-order valence-electron chi connectivity index (χ3n) is 3.48. The molecule has 2 rings (SSSR count). The third-order valence-corrected chi connectivity index (χ3v) is 4.25. The van der Waals surface area contributed by atoms with E-state index in [4.69, 9.17) is 5.73 Å². The van der Waals surface area contributed by atoms with Gasteiger partial charge in [-0.3, -0.25) is 0 Å². The summed E-state index contributed by atoms with van der Waals surface area (Å²) in [5.41, 5.74) is 6.26. The molecule has 0 aromatic carbocycles. The van der Waals surface area contributed by atoms with E-state index in [1.165, 1.54) is 11.5 Å². The maximum absolute atomic E-state index is 6.28. The Morgan fingerprint density at radius 1 is 1.35 bits per heavy atom. The smallest absolute Gasteiger partial charge is 0.205 e. The molecule has 0 atom stereocenters. The Kier molecular flexibility index (Phi) is 2.94. The molecule has 2 heterocycles. The van der Waals surface area contributed by atoms with Gasteiger partial charge in [0.15, 0.2) is 0 Å². The molecular weight excluding hydrogens is 232 g/mol. The molecular formula is C12H22N4S. The van der Waals surface area contributed by atoms with Crippen LogP contribution in [-0.4, -0.2) is 28.0 Å². The van der Waals surface area contributed by atoms with Gasteiger partial charge in [-0.2, -0.15) is 4.37 Å². The Hall–Kier alpha value is -0.680. The van der Waals surface area contributed by atoms with Crippen LogP contribution in [-0.2, 0) is 5.41 Å². The lowest BCUT2D eigenvalue weighted by Crippen LogP contribution is -2.70. The summed E-state index contributed by atoms with van der Waals surface area (Å²) in [5.74, 6) is 1.44. The van der Waals surface area contributed by atoms with E-state index >= 15 is 0 Å². The zero-order valence-corrected chi connectivity index (χ0v) is 12.1. The van der Waals surface area contributed by atoms with Crippen molar-refractivity contribution in [2.24, 2.45) is 11.7 Å². The number of hydrogen-bond acceptors (Lipinski definition) is 5. The fourth-order valence-electron chi connectivity index (χ4n) is 1.81. The topological polar surface area (TPSA) is 55.0 Å². The molecule has 0 spiro atoms. The van der Waals surface area contributed by atoms with E-state index in [1.54, 1.807) is 0 Å². The van der Waals surface area contributed by atoms with Crippen molar-refractivity contribution in [1.82, 2.24) is 9.36 Å². The molecule has 1 aliphatic heterocycles. The summed E-state index contributed by atoms with van der Waals surface area (Å²) in [4.78, 5) is 6.84. The van der Waals surface area contributed by atoms with Crippen molar-refractivity contribution in [2.75, 3.05) is 18.0 Å². The highest BCUT2D eigenvalue weighted by atomic mass is 32.1. The molecule has 0 saturated carbocycles. The van der Waals surface area contributed by atoms with Gasteiger partial charge in [0, 0.05) is 30.0 Å². The largest absolute Gasteiger partial charge is 0.343 e. The zero-order chi connectivity index (χ0) is 12.8. The van der Waals surface area contributed by atoms with Gasteiger partial charge in [-0.1, -0.05) is 34.6 Å². The number of aromatic nitrogens is 2. The van der Waals surface area contributed by atoms with Crippen molar-refractivity contribution in [3.8, 4) is 0 Å². The predicted molar refractivity (Wildman–Crippen MR) is 72.6 cm³/mol. The van der Waals surface area contributed by atoms with Crippen molar-refractivity contribution in [2.45, 2.75) is 45.6 Å². The molecule has 0 radical (unpaired) electrons. The van der Waals surface area contributed by atoms with Gasteiger partial charge in [-0.25, -0.2) is 4.98 Å². The molecule has 5 heteroatoms. The van der Waals surface area contributed by atoms with Crippen LogP contribution in [0.1, 0.15) is 40.4 Å². The standard InChI is InChI=1S/C12H22N4S/c1-8(2)12(13)6-16(7-12)10-14-9(15-17-10)11(3,4)5/h8H,6-7,13H2,1-5H3. The molecule has 17 heavy (non-hydrogen) atoms. The Balaban J connectivity index is 2.05. The van der Waals surface area contributed by atoms with Gasteiger partial charge in [0.25, 0.3) is 0 Å². The Morgan fingerprint density at radius 3 is 2.35 bits per heavy atom. The highest BCUT2D eigenvalue weighted by Crippen LogP contribution is 2.33. The third kappa shape index (κ3) is 2.31. The summed E-state index contributed by atoms with van der Waals surface area (Å²) < 4.78 is 4.43. The minimum Gasteiger partial charge on any atom is -0.343 e. The van der Waals surface area contributed by atoms with Crippen molar-refractivity contribution < 1.29 is 0 Å². The second-order valence-corrected chi connectivity index (χ2v) is 7.12. The van der Waals surface area contributed by atoms with E-state index < -0.39 is 0 Å². The summed E-state index contributed by atoms with van der Waals surface area (Å²) in [6.07, 6.45) is 0. The second-order valence-electron chi connectivity index (χ2n) is 6.39. The van der Waals surface area contributed by atoms with Crippen molar-refractivity contribution in [3.63, 3.8) is 0 Å². The molecule has 0 bridgehead atoms. The Bertz CT molecular complexity index is 399. The van der Waals surface area contributed by atoms with E-state index in [9.17, 15) is 0 Å². The summed E-state index contributed by atoms with van der Waals surface area (Å²) >= 11 is 1.48. The fraction of sp³-hybridized carbons (Fsp3) is 0.833. The van der Waals surface area contributed by atoms with Gasteiger partial charge in [0.2, 0.25) is 5.13 Å². The van der Waals surface area contributed by atoms with Crippen LogP contribution >= 0.6 is 11.5 Å². The van der Waals surface area contributed by atoms with Crippen molar-refractivity contribution >= 4 is 16.7 Å². The maximum Gasteiger partial charge on any atom is 0.205 e. The second kappa shape index (κ2) is 3.92. The lowest BCUT2D eigenvalue weighted by molar-refractivity contribution is 0.244. The average molecular weight is 254 g/mol. The van der Waals surface area contributed by atoms with Crippen LogP contribution in [0.25, 0.3) is 0 Å². The average Bonchev–Trinajstić information content (AvgIpc) is 2.59. The minimum absolute atomic E-state index is 0.0253. The van der Waals surface area contributed by atoms with E-state index in [1.807, 2.05) is 0 Å². The number of nitrogens with two attached hydrogens (primary N) is 1. The summed E-state index contributed by atoms with van der Waals surface area (Å²) in [5, 5.41) is 1.01. The van der Waals surface area contributed by atoms with Gasteiger partial charge in [0.05, 0.1) is 5.54 Å². The van der Waals surface area contributed by atoms with Crippen molar-refractivity contribution in [1.29, 1.82) is 0 Å². The van der Waals surface area contributed by atoms with Gasteiger partial charge in [0.1, 0.15) is 5.82 Å². The molecule has 0 unspecified atom stereocenters. The quantitative estimate of drug-likeness (QED) is 0.877.